The van der Waals surface area contributed by atoms with Gasteiger partial charge in [0.1, 0.15) is 0 Å². The quantitative estimate of drug-likeness (QED) is 0.686. The smallest absolute Gasteiger partial charge is 0.242 e. The maximum Gasteiger partial charge on any atom is 0.242 e. The lowest BCUT2D eigenvalue weighted by atomic mass is 9.91. The molecular weight excluding hydrogens is 318 g/mol. The fourth-order valence-electron chi connectivity index (χ4n) is 3.81. The predicted octanol–water partition coefficient (Wildman–Crippen LogP) is 1.89. The van der Waals surface area contributed by atoms with Gasteiger partial charge in [-0.2, -0.15) is 0 Å². The van der Waals surface area contributed by atoms with Gasteiger partial charge in [-0.05, 0) is 45.7 Å². The maximum absolute atomic E-state index is 12.7. The van der Waals surface area contributed by atoms with E-state index in [1.807, 2.05) is 21.0 Å². The monoisotopic (exact) mass is 355 g/mol. The van der Waals surface area contributed by atoms with Crippen LogP contribution in [0, 0.1) is 5.92 Å². The van der Waals surface area contributed by atoms with Crippen molar-refractivity contribution in [3.05, 3.63) is 0 Å². The van der Waals surface area contributed by atoms with E-state index in [4.69, 9.17) is 4.74 Å². The van der Waals surface area contributed by atoms with Crippen molar-refractivity contribution in [1.82, 2.24) is 15.1 Å². The average Bonchev–Trinajstić information content (AvgIpc) is 2.95. The first-order valence-corrected chi connectivity index (χ1v) is 9.50. The standard InChI is InChI=1S/C19H37N3O3/c1-8-14(3)17(15(9-2)25-7)22(6)16(23)13-20-18(24)19(4)11-10-12-21(19)5/h14-15,17H,8-13H2,1-7H3,(H,20,24)/t14?,15?,17?,19-/m0/s1. The molecule has 0 saturated carbocycles. The molecule has 1 N–H and O–H groups in total. The number of hydrogen-bond donors (Lipinski definition) is 1. The van der Waals surface area contributed by atoms with E-state index in [0.29, 0.717) is 5.92 Å². The minimum Gasteiger partial charge on any atom is -0.379 e. The molecule has 3 unspecified atom stereocenters. The van der Waals surface area contributed by atoms with Gasteiger partial charge >= 0.3 is 0 Å². The van der Waals surface area contributed by atoms with Crippen LogP contribution in [0.3, 0.4) is 0 Å². The number of carbonyl (C=O) groups excluding carboxylic acids is 2. The molecule has 0 aromatic carbocycles. The number of nitrogens with zero attached hydrogens (tertiary/aromatic N) is 2. The van der Waals surface area contributed by atoms with Gasteiger partial charge < -0.3 is 15.0 Å². The van der Waals surface area contributed by atoms with Gasteiger partial charge in [-0.15, -0.1) is 0 Å². The van der Waals surface area contributed by atoms with Crippen LogP contribution in [0.5, 0.6) is 0 Å². The number of ether oxygens (including phenoxy) is 1. The minimum atomic E-state index is -0.507. The molecule has 0 aromatic rings. The Hall–Kier alpha value is -1.14. The summed E-state index contributed by atoms with van der Waals surface area (Å²) in [6, 6.07) is 0.00847. The summed E-state index contributed by atoms with van der Waals surface area (Å²) in [6.07, 6.45) is 3.65. The first-order chi connectivity index (χ1) is 11.7. The summed E-state index contributed by atoms with van der Waals surface area (Å²) in [5.41, 5.74) is -0.507. The van der Waals surface area contributed by atoms with Crippen molar-refractivity contribution in [2.45, 2.75) is 71.1 Å². The Morgan fingerprint density at radius 2 is 1.96 bits per heavy atom. The Kier molecular flexibility index (Phi) is 8.35. The molecule has 0 spiro atoms. The van der Waals surface area contributed by atoms with Crippen molar-refractivity contribution in [2.75, 3.05) is 34.3 Å². The van der Waals surface area contributed by atoms with Crippen LogP contribution >= 0.6 is 0 Å². The molecule has 1 aliphatic heterocycles. The van der Waals surface area contributed by atoms with Gasteiger partial charge in [-0.25, -0.2) is 0 Å². The van der Waals surface area contributed by atoms with E-state index in [1.54, 1.807) is 12.0 Å². The second kappa shape index (κ2) is 9.53. The van der Waals surface area contributed by atoms with Crippen LogP contribution in [0.1, 0.15) is 53.4 Å². The van der Waals surface area contributed by atoms with Crippen molar-refractivity contribution in [1.29, 1.82) is 0 Å². The number of nitrogens with one attached hydrogen (secondary N) is 1. The van der Waals surface area contributed by atoms with Crippen LogP contribution in [0.4, 0.5) is 0 Å². The zero-order chi connectivity index (χ0) is 19.2. The number of carbonyl (C=O) groups is 2. The molecule has 0 aromatic heterocycles. The zero-order valence-corrected chi connectivity index (χ0v) is 17.1. The minimum absolute atomic E-state index is 0.00177. The Bertz CT molecular complexity index is 453. The molecule has 6 nitrogen and oxygen atoms in total. The fraction of sp³-hybridized carbons (Fsp3) is 0.895. The molecular formula is C19H37N3O3. The molecule has 6 heteroatoms. The summed E-state index contributed by atoms with van der Waals surface area (Å²) in [5, 5.41) is 2.85. The predicted molar refractivity (Wildman–Crippen MR) is 100 cm³/mol. The zero-order valence-electron chi connectivity index (χ0n) is 17.1. The Morgan fingerprint density at radius 3 is 2.40 bits per heavy atom. The van der Waals surface area contributed by atoms with E-state index in [2.05, 4.69) is 31.0 Å². The molecule has 0 aliphatic carbocycles. The Labute approximate surface area is 153 Å². The van der Waals surface area contributed by atoms with Crippen molar-refractivity contribution < 1.29 is 14.3 Å². The lowest BCUT2D eigenvalue weighted by Gasteiger charge is -2.38. The normalized spacial score (nSPS) is 24.6. The van der Waals surface area contributed by atoms with E-state index in [1.165, 1.54) is 0 Å². The first kappa shape index (κ1) is 21.9. The molecule has 4 atom stereocenters. The molecule has 1 aliphatic rings. The highest BCUT2D eigenvalue weighted by atomic mass is 16.5. The van der Waals surface area contributed by atoms with Gasteiger partial charge in [0.2, 0.25) is 11.8 Å². The molecule has 0 radical (unpaired) electrons. The third kappa shape index (κ3) is 4.94. The van der Waals surface area contributed by atoms with E-state index < -0.39 is 5.54 Å². The highest BCUT2D eigenvalue weighted by Gasteiger charge is 2.41. The van der Waals surface area contributed by atoms with Gasteiger partial charge in [0, 0.05) is 14.2 Å². The second-order valence-corrected chi connectivity index (χ2v) is 7.54. The van der Waals surface area contributed by atoms with Gasteiger partial charge in [-0.1, -0.05) is 27.2 Å². The lowest BCUT2D eigenvalue weighted by molar-refractivity contribution is -0.139. The second-order valence-electron chi connectivity index (χ2n) is 7.54. The van der Waals surface area contributed by atoms with Crippen LogP contribution < -0.4 is 5.32 Å². The summed E-state index contributed by atoms with van der Waals surface area (Å²) in [5.74, 6) is 0.194. The van der Waals surface area contributed by atoms with Gasteiger partial charge in [0.25, 0.3) is 0 Å². The van der Waals surface area contributed by atoms with Crippen molar-refractivity contribution in [3.8, 4) is 0 Å². The van der Waals surface area contributed by atoms with Crippen LogP contribution in [0.25, 0.3) is 0 Å². The summed E-state index contributed by atoms with van der Waals surface area (Å²) in [7, 11) is 5.47. The van der Waals surface area contributed by atoms with Gasteiger partial charge in [0.05, 0.1) is 24.2 Å². The van der Waals surface area contributed by atoms with E-state index >= 15 is 0 Å². The Balaban J connectivity index is 2.72. The van der Waals surface area contributed by atoms with E-state index in [9.17, 15) is 9.59 Å². The summed E-state index contributed by atoms with van der Waals surface area (Å²) in [4.78, 5) is 29.1. The van der Waals surface area contributed by atoms with Gasteiger partial charge in [0.15, 0.2) is 0 Å². The molecule has 1 rings (SSSR count). The molecule has 0 bridgehead atoms. The topological polar surface area (TPSA) is 61.9 Å². The first-order valence-electron chi connectivity index (χ1n) is 9.50. The molecule has 2 amide bonds. The van der Waals surface area contributed by atoms with Crippen molar-refractivity contribution in [3.63, 3.8) is 0 Å². The number of likely N-dealkylation sites (tertiary alicyclic amines) is 1. The molecule has 1 fully saturated rings. The van der Waals surface area contributed by atoms with Crippen LogP contribution in [-0.4, -0.2) is 73.6 Å². The largest absolute Gasteiger partial charge is 0.379 e. The molecule has 25 heavy (non-hydrogen) atoms. The van der Waals surface area contributed by atoms with E-state index in [0.717, 1.165) is 32.2 Å². The number of hydrogen-bond acceptors (Lipinski definition) is 4. The SMILES string of the molecule is CCC(C)C(C(CC)OC)N(C)C(=O)CNC(=O)[C@]1(C)CCCN1C. The van der Waals surface area contributed by atoms with Crippen LogP contribution in [0.15, 0.2) is 0 Å². The summed E-state index contributed by atoms with van der Waals surface area (Å²) >= 11 is 0. The van der Waals surface area contributed by atoms with Crippen LogP contribution in [-0.2, 0) is 14.3 Å². The van der Waals surface area contributed by atoms with Crippen LogP contribution in [0.2, 0.25) is 0 Å². The summed E-state index contributed by atoms with van der Waals surface area (Å²) < 4.78 is 5.60. The molecule has 1 heterocycles. The number of methoxy groups -OCH3 is 1. The fourth-order valence-corrected chi connectivity index (χ4v) is 3.81. The lowest BCUT2D eigenvalue weighted by Crippen LogP contribution is -2.55. The highest BCUT2D eigenvalue weighted by Crippen LogP contribution is 2.27. The number of amides is 2. The number of likely N-dealkylation sites (N-methyl/N-ethyl adjacent to an activating group) is 2. The molecule has 146 valence electrons. The average molecular weight is 356 g/mol. The summed E-state index contributed by atoms with van der Waals surface area (Å²) in [6.45, 7) is 9.23. The third-order valence-corrected chi connectivity index (χ3v) is 6.04. The van der Waals surface area contributed by atoms with Gasteiger partial charge in [-0.3, -0.25) is 14.5 Å². The third-order valence-electron chi connectivity index (χ3n) is 6.04. The van der Waals surface area contributed by atoms with Crippen molar-refractivity contribution >= 4 is 11.8 Å². The maximum atomic E-state index is 12.7. The van der Waals surface area contributed by atoms with Crippen molar-refractivity contribution in [2.24, 2.45) is 5.92 Å². The number of rotatable bonds is 9. The highest BCUT2D eigenvalue weighted by molar-refractivity contribution is 5.90. The Morgan fingerprint density at radius 1 is 1.32 bits per heavy atom. The molecule has 1 saturated heterocycles. The van der Waals surface area contributed by atoms with E-state index in [-0.39, 0.29) is 30.5 Å².